The van der Waals surface area contributed by atoms with Crippen LogP contribution in [0.1, 0.15) is 32.1 Å². The molecule has 0 saturated heterocycles. The van der Waals surface area contributed by atoms with E-state index < -0.39 is 0 Å². The van der Waals surface area contributed by atoms with Gasteiger partial charge in [-0.2, -0.15) is 0 Å². The summed E-state index contributed by atoms with van der Waals surface area (Å²) in [6.45, 7) is 12.0. The Morgan fingerprint density at radius 1 is 1.12 bits per heavy atom. The van der Waals surface area contributed by atoms with Crippen LogP contribution < -0.4 is 5.32 Å². The average Bonchev–Trinajstić information content (AvgIpc) is 2.31. The molecule has 1 aliphatic carbocycles. The highest BCUT2D eigenvalue weighted by molar-refractivity contribution is 4.90. The van der Waals surface area contributed by atoms with E-state index in [-0.39, 0.29) is 0 Å². The highest BCUT2D eigenvalue weighted by Gasteiger charge is 2.32. The molecule has 0 aromatic carbocycles. The van der Waals surface area contributed by atoms with Crippen molar-refractivity contribution < 1.29 is 0 Å². The molecule has 2 nitrogen and oxygen atoms in total. The summed E-state index contributed by atoms with van der Waals surface area (Å²) in [4.78, 5) is 2.46. The van der Waals surface area contributed by atoms with Crippen molar-refractivity contribution in [1.82, 2.24) is 10.2 Å². The van der Waals surface area contributed by atoms with Gasteiger partial charge in [-0.15, -0.1) is 13.2 Å². The molecule has 0 aliphatic heterocycles. The first-order valence-corrected chi connectivity index (χ1v) is 6.85. The Hall–Kier alpha value is -0.600. The second kappa shape index (κ2) is 7.67. The highest BCUT2D eigenvalue weighted by Crippen LogP contribution is 2.36. The van der Waals surface area contributed by atoms with Crippen molar-refractivity contribution in [3.05, 3.63) is 25.3 Å². The van der Waals surface area contributed by atoms with E-state index in [2.05, 4.69) is 30.4 Å². The minimum Gasteiger partial charge on any atom is -0.319 e. The van der Waals surface area contributed by atoms with Gasteiger partial charge in [0.25, 0.3) is 0 Å². The molecule has 17 heavy (non-hydrogen) atoms. The van der Waals surface area contributed by atoms with Gasteiger partial charge in [-0.3, -0.25) is 4.90 Å². The first-order chi connectivity index (χ1) is 8.26. The molecule has 1 saturated carbocycles. The zero-order valence-electron chi connectivity index (χ0n) is 11.4. The summed E-state index contributed by atoms with van der Waals surface area (Å²) in [5.41, 5.74) is 0.471. The monoisotopic (exact) mass is 236 g/mol. The summed E-state index contributed by atoms with van der Waals surface area (Å²) in [5, 5.41) is 3.39. The van der Waals surface area contributed by atoms with Crippen molar-refractivity contribution in [2.45, 2.75) is 32.1 Å². The molecule has 1 N–H and O–H groups in total. The summed E-state index contributed by atoms with van der Waals surface area (Å²) >= 11 is 0. The maximum atomic E-state index is 3.85. The van der Waals surface area contributed by atoms with E-state index in [9.17, 15) is 0 Å². The van der Waals surface area contributed by atoms with Gasteiger partial charge in [0.15, 0.2) is 0 Å². The lowest BCUT2D eigenvalue weighted by molar-refractivity contribution is 0.118. The van der Waals surface area contributed by atoms with Crippen LogP contribution >= 0.6 is 0 Å². The van der Waals surface area contributed by atoms with Crippen LogP contribution in [0, 0.1) is 5.41 Å². The summed E-state index contributed by atoms with van der Waals surface area (Å²) < 4.78 is 0. The topological polar surface area (TPSA) is 15.3 Å². The molecule has 2 heteroatoms. The van der Waals surface area contributed by atoms with Crippen LogP contribution in [0.2, 0.25) is 0 Å². The average molecular weight is 236 g/mol. The van der Waals surface area contributed by atoms with Gasteiger partial charge in [0, 0.05) is 26.2 Å². The number of nitrogens with one attached hydrogen (secondary N) is 1. The third-order valence-electron chi connectivity index (χ3n) is 3.80. The van der Waals surface area contributed by atoms with E-state index in [1.807, 2.05) is 12.2 Å². The molecule has 0 aromatic heterocycles. The third kappa shape index (κ3) is 4.64. The molecule has 1 fully saturated rings. The van der Waals surface area contributed by atoms with Crippen LogP contribution in [0.3, 0.4) is 0 Å². The zero-order chi connectivity index (χ0) is 12.6. The van der Waals surface area contributed by atoms with Crippen molar-refractivity contribution in [2.75, 3.05) is 33.2 Å². The molecule has 1 aliphatic rings. The van der Waals surface area contributed by atoms with E-state index in [4.69, 9.17) is 0 Å². The fourth-order valence-corrected chi connectivity index (χ4v) is 3.11. The second-order valence-corrected chi connectivity index (χ2v) is 5.36. The Morgan fingerprint density at radius 3 is 2.18 bits per heavy atom. The minimum atomic E-state index is 0.471. The number of hydrogen-bond acceptors (Lipinski definition) is 2. The standard InChI is InChI=1S/C15H28N2/c1-4-11-17(12-5-2)14-15(13-16-3)9-7-6-8-10-15/h4-5,16H,1-2,6-14H2,3H3. The lowest BCUT2D eigenvalue weighted by atomic mass is 9.73. The van der Waals surface area contributed by atoms with Crippen LogP contribution in [0.15, 0.2) is 25.3 Å². The Bertz CT molecular complexity index is 214. The van der Waals surface area contributed by atoms with E-state index in [0.717, 1.165) is 19.6 Å². The molecule has 0 bridgehead atoms. The molecular formula is C15H28N2. The Balaban J connectivity index is 2.61. The molecule has 0 heterocycles. The Kier molecular flexibility index (Phi) is 6.53. The van der Waals surface area contributed by atoms with Gasteiger partial charge in [0.2, 0.25) is 0 Å². The molecule has 0 unspecified atom stereocenters. The van der Waals surface area contributed by atoms with Crippen LogP contribution in [0.25, 0.3) is 0 Å². The molecule has 1 rings (SSSR count). The van der Waals surface area contributed by atoms with Gasteiger partial charge in [-0.05, 0) is 25.3 Å². The smallest absolute Gasteiger partial charge is 0.0164 e. The lowest BCUT2D eigenvalue weighted by Gasteiger charge is -2.41. The maximum Gasteiger partial charge on any atom is 0.0164 e. The Labute approximate surface area is 107 Å². The van der Waals surface area contributed by atoms with Gasteiger partial charge in [-0.25, -0.2) is 0 Å². The van der Waals surface area contributed by atoms with Crippen LogP contribution in [0.4, 0.5) is 0 Å². The van der Waals surface area contributed by atoms with Crippen LogP contribution in [-0.4, -0.2) is 38.1 Å². The van der Waals surface area contributed by atoms with E-state index in [1.165, 1.54) is 38.6 Å². The fourth-order valence-electron chi connectivity index (χ4n) is 3.11. The molecule has 0 radical (unpaired) electrons. The molecule has 0 atom stereocenters. The summed E-state index contributed by atoms with van der Waals surface area (Å²) in [6.07, 6.45) is 10.9. The van der Waals surface area contributed by atoms with Crippen molar-refractivity contribution >= 4 is 0 Å². The number of nitrogens with zero attached hydrogens (tertiary/aromatic N) is 1. The third-order valence-corrected chi connectivity index (χ3v) is 3.80. The van der Waals surface area contributed by atoms with E-state index in [0.29, 0.717) is 5.41 Å². The molecular weight excluding hydrogens is 208 g/mol. The quantitative estimate of drug-likeness (QED) is 0.652. The second-order valence-electron chi connectivity index (χ2n) is 5.36. The van der Waals surface area contributed by atoms with Gasteiger partial charge in [-0.1, -0.05) is 31.4 Å². The van der Waals surface area contributed by atoms with Gasteiger partial charge >= 0.3 is 0 Å². The number of rotatable bonds is 8. The molecule has 0 amide bonds. The normalized spacial score (nSPS) is 19.2. The number of hydrogen-bond donors (Lipinski definition) is 1. The van der Waals surface area contributed by atoms with Crippen molar-refractivity contribution in [3.63, 3.8) is 0 Å². The zero-order valence-corrected chi connectivity index (χ0v) is 11.4. The van der Waals surface area contributed by atoms with Crippen molar-refractivity contribution in [3.8, 4) is 0 Å². The first kappa shape index (κ1) is 14.5. The van der Waals surface area contributed by atoms with Gasteiger partial charge in [0.05, 0.1) is 0 Å². The van der Waals surface area contributed by atoms with Crippen molar-refractivity contribution in [1.29, 1.82) is 0 Å². The van der Waals surface area contributed by atoms with Gasteiger partial charge < -0.3 is 5.32 Å². The predicted octanol–water partition coefficient (Wildman–Crippen LogP) is 2.83. The van der Waals surface area contributed by atoms with Crippen LogP contribution in [0.5, 0.6) is 0 Å². The molecule has 0 aromatic rings. The van der Waals surface area contributed by atoms with E-state index in [1.54, 1.807) is 0 Å². The summed E-state index contributed by atoms with van der Waals surface area (Å²) in [7, 11) is 2.07. The Morgan fingerprint density at radius 2 is 1.71 bits per heavy atom. The van der Waals surface area contributed by atoms with Crippen LogP contribution in [-0.2, 0) is 0 Å². The molecule has 0 spiro atoms. The minimum absolute atomic E-state index is 0.471. The largest absolute Gasteiger partial charge is 0.319 e. The summed E-state index contributed by atoms with van der Waals surface area (Å²) in [6, 6.07) is 0. The predicted molar refractivity (Wildman–Crippen MR) is 76.3 cm³/mol. The lowest BCUT2D eigenvalue weighted by Crippen LogP contribution is -2.44. The van der Waals surface area contributed by atoms with Crippen molar-refractivity contribution in [2.24, 2.45) is 5.41 Å². The maximum absolute atomic E-state index is 3.85. The molecule has 98 valence electrons. The summed E-state index contributed by atoms with van der Waals surface area (Å²) in [5.74, 6) is 0. The van der Waals surface area contributed by atoms with E-state index >= 15 is 0 Å². The highest BCUT2D eigenvalue weighted by atomic mass is 15.1. The van der Waals surface area contributed by atoms with Gasteiger partial charge in [0.1, 0.15) is 0 Å². The SMILES string of the molecule is C=CCN(CC=C)CC1(CNC)CCCCC1. The fraction of sp³-hybridized carbons (Fsp3) is 0.733. The first-order valence-electron chi connectivity index (χ1n) is 6.85.